The van der Waals surface area contributed by atoms with Gasteiger partial charge in [0.05, 0.1) is 28.1 Å². The van der Waals surface area contributed by atoms with Crippen molar-refractivity contribution in [3.8, 4) is 0 Å². The van der Waals surface area contributed by atoms with Crippen LogP contribution in [0.2, 0.25) is 5.02 Å². The minimum absolute atomic E-state index is 0.0639. The van der Waals surface area contributed by atoms with Crippen LogP contribution in [0.15, 0.2) is 49.3 Å². The molecule has 1 N–H and O–H groups in total. The third kappa shape index (κ3) is 5.41. The van der Waals surface area contributed by atoms with Gasteiger partial charge in [-0.1, -0.05) is 34.5 Å². The maximum Gasteiger partial charge on any atom is 0.329 e. The van der Waals surface area contributed by atoms with Crippen molar-refractivity contribution >= 4 is 48.3 Å². The van der Waals surface area contributed by atoms with Crippen LogP contribution in [0.3, 0.4) is 0 Å². The number of fused-ring (bicyclic) bond motifs is 1. The van der Waals surface area contributed by atoms with Gasteiger partial charge in [-0.05, 0) is 62.0 Å². The highest BCUT2D eigenvalue weighted by atomic mass is 79.9. The molecular formula is C24H28BrClN4O4S. The third-order valence-electron chi connectivity index (χ3n) is 6.59. The lowest BCUT2D eigenvalue weighted by molar-refractivity contribution is 0.264. The van der Waals surface area contributed by atoms with Crippen molar-refractivity contribution < 1.29 is 8.42 Å². The van der Waals surface area contributed by atoms with Crippen molar-refractivity contribution in [2.45, 2.75) is 37.4 Å². The van der Waals surface area contributed by atoms with Crippen LogP contribution in [0.5, 0.6) is 0 Å². The predicted molar refractivity (Wildman–Crippen MR) is 142 cm³/mol. The summed E-state index contributed by atoms with van der Waals surface area (Å²) in [5.74, 6) is -0.105. The number of rotatable bonds is 7. The van der Waals surface area contributed by atoms with Gasteiger partial charge in [0, 0.05) is 35.2 Å². The number of aromatic amines is 1. The van der Waals surface area contributed by atoms with Gasteiger partial charge in [0.1, 0.15) is 0 Å². The van der Waals surface area contributed by atoms with Gasteiger partial charge in [0.15, 0.2) is 9.84 Å². The van der Waals surface area contributed by atoms with Crippen LogP contribution >= 0.6 is 27.5 Å². The topological polar surface area (TPSA) is 95.5 Å². The van der Waals surface area contributed by atoms with Crippen LogP contribution < -0.4 is 11.2 Å². The van der Waals surface area contributed by atoms with E-state index in [9.17, 15) is 18.0 Å². The van der Waals surface area contributed by atoms with Crippen LogP contribution in [0.1, 0.15) is 24.5 Å². The predicted octanol–water partition coefficient (Wildman–Crippen LogP) is 3.08. The van der Waals surface area contributed by atoms with Crippen molar-refractivity contribution in [2.24, 2.45) is 0 Å². The Hall–Kier alpha value is -1.98. The Kier molecular flexibility index (Phi) is 7.59. The largest absolute Gasteiger partial charge is 0.329 e. The Labute approximate surface area is 217 Å². The molecule has 0 spiro atoms. The minimum atomic E-state index is -3.57. The average molecular weight is 584 g/mol. The van der Waals surface area contributed by atoms with Gasteiger partial charge in [-0.25, -0.2) is 13.2 Å². The standard InChI is InChI=1S/C24H28BrClN4O4S/c1-4-35(33,34)22-6-5-17(26)9-16(22)13-30-23(31)19-11-20(25)15(10-21(19)27-24(30)32)12-29-8-7-18(14-29)28(2)3/h5-6,9-11,18H,4,7-8,12-14H2,1-3H3,(H,27,32)/t18-/m1/s1. The molecule has 8 nitrogen and oxygen atoms in total. The van der Waals surface area contributed by atoms with Crippen LogP contribution in [-0.4, -0.2) is 66.7 Å². The Bertz CT molecular complexity index is 1500. The quantitative estimate of drug-likeness (QED) is 0.459. The molecule has 0 bridgehead atoms. The van der Waals surface area contributed by atoms with E-state index in [-0.39, 0.29) is 17.2 Å². The molecule has 2 aromatic carbocycles. The minimum Gasteiger partial charge on any atom is -0.307 e. The number of likely N-dealkylation sites (tertiary alicyclic amines) is 1. The number of likely N-dealkylation sites (N-methyl/N-ethyl adjacent to an activating group) is 1. The summed E-state index contributed by atoms with van der Waals surface area (Å²) in [6.07, 6.45) is 1.10. The van der Waals surface area contributed by atoms with Gasteiger partial charge in [-0.3, -0.25) is 14.3 Å². The molecule has 3 aromatic rings. The van der Waals surface area contributed by atoms with Gasteiger partial charge in [0.2, 0.25) is 0 Å². The number of benzene rings is 2. The molecule has 35 heavy (non-hydrogen) atoms. The smallest absolute Gasteiger partial charge is 0.307 e. The molecule has 4 rings (SSSR count). The van der Waals surface area contributed by atoms with Crippen molar-refractivity contribution in [1.82, 2.24) is 19.4 Å². The number of H-pyrrole nitrogens is 1. The number of hydrogen-bond acceptors (Lipinski definition) is 6. The fourth-order valence-corrected chi connectivity index (χ4v) is 6.28. The molecule has 0 amide bonds. The number of nitrogens with one attached hydrogen (secondary N) is 1. The molecule has 0 unspecified atom stereocenters. The molecule has 1 aliphatic heterocycles. The second-order valence-corrected chi connectivity index (χ2v) is 12.6. The number of halogens is 2. The van der Waals surface area contributed by atoms with E-state index in [2.05, 4.69) is 44.8 Å². The first-order valence-electron chi connectivity index (χ1n) is 11.4. The monoisotopic (exact) mass is 582 g/mol. The summed E-state index contributed by atoms with van der Waals surface area (Å²) in [6, 6.07) is 8.45. The SMILES string of the molecule is CCS(=O)(=O)c1ccc(Cl)cc1Cn1c(=O)[nH]c2cc(CN3CC[C@@H](N(C)C)C3)c(Br)cc2c1=O. The Balaban J connectivity index is 1.72. The maximum absolute atomic E-state index is 13.3. The molecule has 1 fully saturated rings. The van der Waals surface area contributed by atoms with Crippen LogP contribution in [-0.2, 0) is 22.9 Å². The second-order valence-electron chi connectivity index (χ2n) is 9.11. The van der Waals surface area contributed by atoms with Crippen LogP contribution in [0.4, 0.5) is 0 Å². The summed E-state index contributed by atoms with van der Waals surface area (Å²) in [5.41, 5.74) is 0.627. The number of hydrogen-bond donors (Lipinski definition) is 1. The molecule has 1 saturated heterocycles. The third-order valence-corrected chi connectivity index (χ3v) is 9.39. The van der Waals surface area contributed by atoms with E-state index in [0.29, 0.717) is 34.1 Å². The zero-order valence-electron chi connectivity index (χ0n) is 19.8. The van der Waals surface area contributed by atoms with Crippen molar-refractivity contribution in [2.75, 3.05) is 32.9 Å². The number of sulfone groups is 1. The molecular weight excluding hydrogens is 556 g/mol. The lowest BCUT2D eigenvalue weighted by Crippen LogP contribution is -2.36. The average Bonchev–Trinajstić information content (AvgIpc) is 3.27. The highest BCUT2D eigenvalue weighted by Crippen LogP contribution is 2.26. The highest BCUT2D eigenvalue weighted by Gasteiger charge is 2.25. The molecule has 1 aromatic heterocycles. The van der Waals surface area contributed by atoms with Crippen molar-refractivity contribution in [3.63, 3.8) is 0 Å². The zero-order chi connectivity index (χ0) is 25.5. The van der Waals surface area contributed by atoms with E-state index in [1.54, 1.807) is 13.0 Å². The molecule has 0 radical (unpaired) electrons. The molecule has 1 aliphatic rings. The normalized spacial score (nSPS) is 17.0. The first-order valence-corrected chi connectivity index (χ1v) is 14.2. The van der Waals surface area contributed by atoms with Gasteiger partial charge in [-0.2, -0.15) is 0 Å². The lowest BCUT2D eigenvalue weighted by Gasteiger charge is -2.21. The molecule has 11 heteroatoms. The van der Waals surface area contributed by atoms with E-state index in [1.807, 2.05) is 6.07 Å². The van der Waals surface area contributed by atoms with Crippen LogP contribution in [0, 0.1) is 0 Å². The summed E-state index contributed by atoms with van der Waals surface area (Å²) in [7, 11) is 0.598. The van der Waals surface area contributed by atoms with Crippen LogP contribution in [0.25, 0.3) is 10.9 Å². The molecule has 2 heterocycles. The van der Waals surface area contributed by atoms with Gasteiger partial charge >= 0.3 is 5.69 Å². The number of nitrogens with zero attached hydrogens (tertiary/aromatic N) is 3. The maximum atomic E-state index is 13.3. The first-order chi connectivity index (χ1) is 16.5. The summed E-state index contributed by atoms with van der Waals surface area (Å²) in [6.45, 7) is 3.97. The number of aromatic nitrogens is 2. The lowest BCUT2D eigenvalue weighted by atomic mass is 10.1. The second kappa shape index (κ2) is 10.2. The van der Waals surface area contributed by atoms with Crippen molar-refractivity contribution in [1.29, 1.82) is 0 Å². The van der Waals surface area contributed by atoms with Gasteiger partial charge < -0.3 is 9.88 Å². The Morgan fingerprint density at radius 2 is 1.89 bits per heavy atom. The van der Waals surface area contributed by atoms with E-state index in [4.69, 9.17) is 11.6 Å². The summed E-state index contributed by atoms with van der Waals surface area (Å²) < 4.78 is 26.9. The van der Waals surface area contributed by atoms with E-state index in [1.165, 1.54) is 18.2 Å². The highest BCUT2D eigenvalue weighted by molar-refractivity contribution is 9.10. The Morgan fingerprint density at radius 3 is 2.54 bits per heavy atom. The van der Waals surface area contributed by atoms with Gasteiger partial charge in [0.25, 0.3) is 5.56 Å². The first kappa shape index (κ1) is 26.1. The molecule has 0 aliphatic carbocycles. The van der Waals surface area contributed by atoms with Gasteiger partial charge in [-0.15, -0.1) is 0 Å². The summed E-state index contributed by atoms with van der Waals surface area (Å²) >= 11 is 9.70. The fourth-order valence-electron chi connectivity index (χ4n) is 4.50. The van der Waals surface area contributed by atoms with Crippen molar-refractivity contribution in [3.05, 3.63) is 71.8 Å². The summed E-state index contributed by atoms with van der Waals surface area (Å²) in [4.78, 5) is 33.7. The van der Waals surface area contributed by atoms with E-state index < -0.39 is 21.1 Å². The van der Waals surface area contributed by atoms with E-state index in [0.717, 1.165) is 34.1 Å². The molecule has 0 saturated carbocycles. The fraction of sp³-hybridized carbons (Fsp3) is 0.417. The molecule has 1 atom stereocenters. The van der Waals surface area contributed by atoms with E-state index >= 15 is 0 Å². The summed E-state index contributed by atoms with van der Waals surface area (Å²) in [5, 5.41) is 0.667. The molecule has 188 valence electrons. The zero-order valence-corrected chi connectivity index (χ0v) is 23.0. The Morgan fingerprint density at radius 1 is 1.14 bits per heavy atom.